The predicted molar refractivity (Wildman–Crippen MR) is 108 cm³/mol. The van der Waals surface area contributed by atoms with E-state index in [1.54, 1.807) is 18.1 Å². The Kier molecular flexibility index (Phi) is 6.41. The number of rotatable bonds is 6. The van der Waals surface area contributed by atoms with Gasteiger partial charge in [0.25, 0.3) is 5.91 Å². The summed E-state index contributed by atoms with van der Waals surface area (Å²) in [5, 5.41) is 2.73. The molecule has 0 aliphatic carbocycles. The van der Waals surface area contributed by atoms with E-state index in [0.29, 0.717) is 26.0 Å². The molecule has 0 spiro atoms. The van der Waals surface area contributed by atoms with Gasteiger partial charge in [-0.3, -0.25) is 14.6 Å². The number of carbonyl (C=O) groups is 2. The molecule has 1 unspecified atom stereocenters. The molecule has 1 saturated heterocycles. The van der Waals surface area contributed by atoms with Gasteiger partial charge < -0.3 is 15.0 Å². The molecule has 1 N–H and O–H groups in total. The van der Waals surface area contributed by atoms with E-state index < -0.39 is 5.60 Å². The van der Waals surface area contributed by atoms with E-state index in [1.807, 2.05) is 49.5 Å². The number of nitrogens with one attached hydrogen (secondary N) is 1. The summed E-state index contributed by atoms with van der Waals surface area (Å²) in [5.41, 5.74) is 1.89. The van der Waals surface area contributed by atoms with Gasteiger partial charge in [0.05, 0.1) is 13.2 Å². The largest absolute Gasteiger partial charge is 0.361 e. The molecule has 0 bridgehead atoms. The molecule has 1 aromatic carbocycles. The fourth-order valence-corrected chi connectivity index (χ4v) is 3.71. The number of likely N-dealkylation sites (N-methyl/N-ethyl adjacent to an activating group) is 1. The zero-order valence-corrected chi connectivity index (χ0v) is 16.5. The van der Waals surface area contributed by atoms with Crippen LogP contribution >= 0.6 is 0 Å². The van der Waals surface area contributed by atoms with Crippen molar-refractivity contribution >= 4 is 11.8 Å². The van der Waals surface area contributed by atoms with Crippen LogP contribution in [-0.2, 0) is 20.7 Å². The van der Waals surface area contributed by atoms with Gasteiger partial charge in [0, 0.05) is 44.4 Å². The minimum Gasteiger partial charge on any atom is -0.361 e. The first-order valence-electron chi connectivity index (χ1n) is 9.72. The minimum absolute atomic E-state index is 0.0691. The van der Waals surface area contributed by atoms with Gasteiger partial charge in [0.15, 0.2) is 5.60 Å². The van der Waals surface area contributed by atoms with E-state index in [2.05, 4.69) is 10.3 Å². The fraction of sp³-hybridized carbons (Fsp3) is 0.409. The second kappa shape index (κ2) is 8.97. The highest BCUT2D eigenvalue weighted by Crippen LogP contribution is 2.30. The van der Waals surface area contributed by atoms with Crippen molar-refractivity contribution in [3.05, 3.63) is 54.4 Å². The summed E-state index contributed by atoms with van der Waals surface area (Å²) in [6.07, 6.45) is 5.19. The molecule has 1 aromatic heterocycles. The minimum atomic E-state index is -1.10. The molecular formula is C22H27N3O3. The maximum Gasteiger partial charge on any atom is 0.254 e. The number of morpholine rings is 1. The first kappa shape index (κ1) is 20.0. The van der Waals surface area contributed by atoms with Crippen LogP contribution in [0.5, 0.6) is 0 Å². The number of amides is 2. The van der Waals surface area contributed by atoms with Crippen LogP contribution in [0.1, 0.15) is 25.3 Å². The number of carbonyl (C=O) groups excluding carboxylic acids is 2. The van der Waals surface area contributed by atoms with Crippen molar-refractivity contribution in [1.29, 1.82) is 0 Å². The van der Waals surface area contributed by atoms with Crippen LogP contribution in [0.15, 0.2) is 48.8 Å². The Bertz CT molecular complexity index is 825. The molecule has 6 heteroatoms. The van der Waals surface area contributed by atoms with Gasteiger partial charge in [-0.05, 0) is 23.6 Å². The van der Waals surface area contributed by atoms with Gasteiger partial charge >= 0.3 is 0 Å². The lowest BCUT2D eigenvalue weighted by molar-refractivity contribution is -0.165. The average Bonchev–Trinajstić information content (AvgIpc) is 2.74. The van der Waals surface area contributed by atoms with Crippen LogP contribution in [0.3, 0.4) is 0 Å². The normalized spacial score (nSPS) is 19.3. The Morgan fingerprint density at radius 2 is 2.07 bits per heavy atom. The van der Waals surface area contributed by atoms with Crippen molar-refractivity contribution in [3.8, 4) is 11.1 Å². The summed E-state index contributed by atoms with van der Waals surface area (Å²) >= 11 is 0. The third-order valence-corrected chi connectivity index (χ3v) is 5.11. The Labute approximate surface area is 165 Å². The van der Waals surface area contributed by atoms with Crippen LogP contribution < -0.4 is 5.32 Å². The molecule has 2 amide bonds. The van der Waals surface area contributed by atoms with E-state index in [9.17, 15) is 9.59 Å². The van der Waals surface area contributed by atoms with Gasteiger partial charge in [-0.25, -0.2) is 0 Å². The second-order valence-corrected chi connectivity index (χ2v) is 7.06. The smallest absolute Gasteiger partial charge is 0.254 e. The first-order chi connectivity index (χ1) is 13.6. The van der Waals surface area contributed by atoms with E-state index in [0.717, 1.165) is 23.1 Å². The van der Waals surface area contributed by atoms with E-state index >= 15 is 0 Å². The maximum absolute atomic E-state index is 12.9. The topological polar surface area (TPSA) is 71.5 Å². The number of benzene rings is 1. The molecule has 1 aliphatic rings. The second-order valence-electron chi connectivity index (χ2n) is 7.06. The Morgan fingerprint density at radius 1 is 1.25 bits per heavy atom. The van der Waals surface area contributed by atoms with Crippen molar-refractivity contribution in [1.82, 2.24) is 15.2 Å². The van der Waals surface area contributed by atoms with Crippen LogP contribution in [0.2, 0.25) is 0 Å². The first-order valence-corrected chi connectivity index (χ1v) is 9.72. The molecule has 2 aromatic rings. The maximum atomic E-state index is 12.9. The van der Waals surface area contributed by atoms with Gasteiger partial charge in [-0.2, -0.15) is 0 Å². The monoisotopic (exact) mass is 381 g/mol. The number of ether oxygens (including phenoxy) is 1. The van der Waals surface area contributed by atoms with E-state index in [4.69, 9.17) is 4.74 Å². The number of pyridine rings is 1. The lowest BCUT2D eigenvalue weighted by Crippen LogP contribution is -2.61. The van der Waals surface area contributed by atoms with E-state index in [1.165, 1.54) is 0 Å². The van der Waals surface area contributed by atoms with Crippen LogP contribution in [0.4, 0.5) is 0 Å². The molecule has 0 saturated carbocycles. The quantitative estimate of drug-likeness (QED) is 0.834. The Hall–Kier alpha value is -2.73. The lowest BCUT2D eigenvalue weighted by atomic mass is 9.87. The summed E-state index contributed by atoms with van der Waals surface area (Å²) in [6, 6.07) is 11.8. The summed E-state index contributed by atoms with van der Waals surface area (Å²) in [7, 11) is 1.60. The molecule has 6 nitrogen and oxygen atoms in total. The standard InChI is InChI=1S/C22H27N3O3/c1-3-7-20(26)25-12-13-28-22(16-25,21(27)23-2)14-17-8-4-5-10-19(17)18-9-6-11-24-15-18/h4-6,8-11,15H,3,7,12-14,16H2,1-2H3,(H,23,27). The van der Waals surface area contributed by atoms with Crippen molar-refractivity contribution in [2.45, 2.75) is 31.8 Å². The van der Waals surface area contributed by atoms with Gasteiger partial charge in [-0.15, -0.1) is 0 Å². The van der Waals surface area contributed by atoms with Gasteiger partial charge in [-0.1, -0.05) is 37.3 Å². The van der Waals surface area contributed by atoms with Gasteiger partial charge in [0.2, 0.25) is 5.91 Å². The number of hydrogen-bond acceptors (Lipinski definition) is 4. The zero-order valence-electron chi connectivity index (χ0n) is 16.5. The van der Waals surface area contributed by atoms with Crippen molar-refractivity contribution < 1.29 is 14.3 Å². The van der Waals surface area contributed by atoms with Crippen LogP contribution in [0.25, 0.3) is 11.1 Å². The molecule has 1 fully saturated rings. The van der Waals surface area contributed by atoms with Crippen LogP contribution in [-0.4, -0.2) is 54.0 Å². The summed E-state index contributed by atoms with van der Waals surface area (Å²) in [4.78, 5) is 31.3. The summed E-state index contributed by atoms with van der Waals surface area (Å²) in [5.74, 6) is -0.137. The fourth-order valence-electron chi connectivity index (χ4n) is 3.71. The number of nitrogens with zero attached hydrogens (tertiary/aromatic N) is 2. The summed E-state index contributed by atoms with van der Waals surface area (Å²) in [6.45, 7) is 3.10. The van der Waals surface area contributed by atoms with Crippen molar-refractivity contribution in [2.24, 2.45) is 0 Å². The highest BCUT2D eigenvalue weighted by Gasteiger charge is 2.44. The van der Waals surface area contributed by atoms with Crippen molar-refractivity contribution in [3.63, 3.8) is 0 Å². The van der Waals surface area contributed by atoms with E-state index in [-0.39, 0.29) is 18.4 Å². The molecular weight excluding hydrogens is 354 g/mol. The molecule has 1 aliphatic heterocycles. The zero-order chi connectivity index (χ0) is 20.0. The highest BCUT2D eigenvalue weighted by molar-refractivity contribution is 5.87. The molecule has 0 radical (unpaired) electrons. The Balaban J connectivity index is 1.94. The molecule has 148 valence electrons. The Morgan fingerprint density at radius 3 is 2.79 bits per heavy atom. The average molecular weight is 381 g/mol. The molecule has 1 atom stereocenters. The molecule has 2 heterocycles. The number of hydrogen-bond donors (Lipinski definition) is 1. The van der Waals surface area contributed by atoms with Crippen LogP contribution in [0, 0.1) is 0 Å². The summed E-state index contributed by atoms with van der Waals surface area (Å²) < 4.78 is 6.05. The third kappa shape index (κ3) is 4.22. The molecule has 3 rings (SSSR count). The SMILES string of the molecule is CCCC(=O)N1CCOC(Cc2ccccc2-c2cccnc2)(C(=O)NC)C1. The number of aromatic nitrogens is 1. The lowest BCUT2D eigenvalue weighted by Gasteiger charge is -2.41. The third-order valence-electron chi connectivity index (χ3n) is 5.11. The van der Waals surface area contributed by atoms with Crippen molar-refractivity contribution in [2.75, 3.05) is 26.7 Å². The predicted octanol–water partition coefficient (Wildman–Crippen LogP) is 2.43. The van der Waals surface area contributed by atoms with Gasteiger partial charge in [0.1, 0.15) is 0 Å². The highest BCUT2D eigenvalue weighted by atomic mass is 16.5. The molecule has 28 heavy (non-hydrogen) atoms.